The molecule has 1 unspecified atom stereocenters. The number of aliphatic carboxylic acids is 1. The number of hydrogen-bond acceptors (Lipinski definition) is 7. The minimum absolute atomic E-state index is 0.0437. The average Bonchev–Trinajstić information content (AvgIpc) is 2.65. The Balaban J connectivity index is 2.99. The number of rotatable bonds is 6. The fourth-order valence-electron chi connectivity index (χ4n) is 1.25. The van der Waals surface area contributed by atoms with E-state index in [0.29, 0.717) is 0 Å². The van der Waals surface area contributed by atoms with Crippen LogP contribution in [0.3, 0.4) is 0 Å². The summed E-state index contributed by atoms with van der Waals surface area (Å²) in [6.45, 7) is 1.28. The van der Waals surface area contributed by atoms with Crippen molar-refractivity contribution >= 4 is 35.5 Å². The van der Waals surface area contributed by atoms with Gasteiger partial charge in [-0.25, -0.2) is 0 Å². The number of nitrogens with zero attached hydrogens (tertiary/aromatic N) is 1. The Labute approximate surface area is 116 Å². The molecule has 0 amide bonds. The van der Waals surface area contributed by atoms with E-state index >= 15 is 0 Å². The second-order valence-electron chi connectivity index (χ2n) is 3.71. The Morgan fingerprint density at radius 2 is 2.20 bits per heavy atom. The smallest absolute Gasteiger partial charge is 0.340 e. The molecule has 1 atom stereocenters. The van der Waals surface area contributed by atoms with Crippen LogP contribution in [0.2, 0.25) is 5.02 Å². The van der Waals surface area contributed by atoms with Crippen molar-refractivity contribution in [3.05, 3.63) is 20.9 Å². The molecule has 0 aliphatic carbocycles. The Kier molecular flexibility index (Phi) is 4.81. The van der Waals surface area contributed by atoms with Crippen molar-refractivity contribution in [3.63, 3.8) is 0 Å². The molecule has 1 aromatic heterocycles. The number of aldehydes is 1. The minimum Gasteiger partial charge on any atom is -0.481 e. The number of nitro groups is 1. The summed E-state index contributed by atoms with van der Waals surface area (Å²) >= 11 is 5.57. The Bertz CT molecular complexity index is 578. The lowest BCUT2D eigenvalue weighted by Gasteiger charge is -2.06. The quantitative estimate of drug-likeness (QED) is 0.362. The molecular weight excluding hydrogens is 298 g/mol. The number of ether oxygens (including phenoxy) is 1. The van der Waals surface area contributed by atoms with E-state index in [4.69, 9.17) is 16.7 Å². The Hall–Kier alpha value is -2.42. The number of carboxylic acid groups (broad SMARTS) is 1. The molecule has 0 aliphatic rings. The maximum absolute atomic E-state index is 11.5. The van der Waals surface area contributed by atoms with Gasteiger partial charge in [-0.2, -0.15) is 0 Å². The van der Waals surface area contributed by atoms with Crippen LogP contribution in [0.4, 0.5) is 5.69 Å². The normalized spacial score (nSPS) is 11.7. The summed E-state index contributed by atoms with van der Waals surface area (Å²) < 4.78 is 9.27. The Morgan fingerprint density at radius 3 is 2.60 bits per heavy atom. The maximum atomic E-state index is 11.5. The highest BCUT2D eigenvalue weighted by atomic mass is 35.5. The molecule has 0 saturated carbocycles. The number of esters is 1. The first-order valence-electron chi connectivity index (χ1n) is 5.13. The van der Waals surface area contributed by atoms with Crippen molar-refractivity contribution in [1.82, 2.24) is 0 Å². The summed E-state index contributed by atoms with van der Waals surface area (Å²) in [6.07, 6.45) is -0.457. The zero-order chi connectivity index (χ0) is 15.4. The number of carboxylic acids is 1. The zero-order valence-electron chi connectivity index (χ0n) is 9.99. The molecule has 0 aromatic carbocycles. The van der Waals surface area contributed by atoms with E-state index in [1.165, 1.54) is 6.92 Å². The second kappa shape index (κ2) is 6.15. The first-order valence-corrected chi connectivity index (χ1v) is 5.51. The lowest BCUT2D eigenvalue weighted by molar-refractivity contribution is -0.385. The highest BCUT2D eigenvalue weighted by Gasteiger charge is 2.32. The molecule has 0 radical (unpaired) electrons. The molecule has 9 nitrogen and oxygen atoms in total. The predicted octanol–water partition coefficient (Wildman–Crippen LogP) is 1.67. The molecule has 1 heterocycles. The summed E-state index contributed by atoms with van der Waals surface area (Å²) in [7, 11) is 0. The third-order valence-electron chi connectivity index (χ3n) is 2.19. The molecule has 20 heavy (non-hydrogen) atoms. The zero-order valence-corrected chi connectivity index (χ0v) is 10.7. The standard InChI is InChI=1S/C10H8ClNO8/c1-4(2-6(14)15)9(16)20-10-7(11)8(12(17)18)5(3-13)19-10/h3-4H,2H2,1H3,(H,14,15). The van der Waals surface area contributed by atoms with E-state index in [-0.39, 0.29) is 6.29 Å². The van der Waals surface area contributed by atoms with Crippen molar-refractivity contribution in [2.45, 2.75) is 13.3 Å². The Morgan fingerprint density at radius 1 is 1.60 bits per heavy atom. The minimum atomic E-state index is -1.22. The molecule has 0 bridgehead atoms. The summed E-state index contributed by atoms with van der Waals surface area (Å²) in [5.74, 6) is -4.67. The number of hydrogen-bond donors (Lipinski definition) is 1. The van der Waals surface area contributed by atoms with Crippen molar-refractivity contribution in [3.8, 4) is 5.95 Å². The van der Waals surface area contributed by atoms with Crippen LogP contribution in [0.15, 0.2) is 4.42 Å². The van der Waals surface area contributed by atoms with Gasteiger partial charge in [0.15, 0.2) is 6.29 Å². The van der Waals surface area contributed by atoms with Gasteiger partial charge in [0.05, 0.1) is 17.3 Å². The van der Waals surface area contributed by atoms with Crippen LogP contribution in [-0.4, -0.2) is 28.3 Å². The summed E-state index contributed by atoms with van der Waals surface area (Å²) in [5, 5.41) is 18.5. The van der Waals surface area contributed by atoms with Gasteiger partial charge in [-0.05, 0) is 0 Å². The van der Waals surface area contributed by atoms with Crippen LogP contribution in [0.1, 0.15) is 23.9 Å². The lowest BCUT2D eigenvalue weighted by Crippen LogP contribution is -2.20. The predicted molar refractivity (Wildman–Crippen MR) is 62.8 cm³/mol. The van der Waals surface area contributed by atoms with E-state index in [0.717, 1.165) is 0 Å². The largest absolute Gasteiger partial charge is 0.481 e. The monoisotopic (exact) mass is 305 g/mol. The first kappa shape index (κ1) is 15.6. The molecule has 0 aliphatic heterocycles. The summed E-state index contributed by atoms with van der Waals surface area (Å²) in [6, 6.07) is 0. The van der Waals surface area contributed by atoms with Crippen LogP contribution in [-0.2, 0) is 9.59 Å². The molecule has 10 heteroatoms. The fraction of sp³-hybridized carbons (Fsp3) is 0.300. The van der Waals surface area contributed by atoms with Gasteiger partial charge in [-0.15, -0.1) is 0 Å². The van der Waals surface area contributed by atoms with Crippen LogP contribution in [0, 0.1) is 16.0 Å². The lowest BCUT2D eigenvalue weighted by atomic mass is 10.1. The SMILES string of the molecule is CC(CC(=O)O)C(=O)Oc1oc(C=O)c([N+](=O)[O-])c1Cl. The van der Waals surface area contributed by atoms with Gasteiger partial charge in [0.25, 0.3) is 0 Å². The fourth-order valence-corrected chi connectivity index (χ4v) is 1.49. The van der Waals surface area contributed by atoms with Gasteiger partial charge >= 0.3 is 23.6 Å². The van der Waals surface area contributed by atoms with Gasteiger partial charge in [-0.1, -0.05) is 18.5 Å². The van der Waals surface area contributed by atoms with E-state index in [9.17, 15) is 24.5 Å². The van der Waals surface area contributed by atoms with Crippen LogP contribution in [0.25, 0.3) is 0 Å². The molecule has 0 saturated heterocycles. The molecule has 1 N–H and O–H groups in total. The molecule has 1 aromatic rings. The average molecular weight is 306 g/mol. The number of carbonyl (C=O) groups is 3. The van der Waals surface area contributed by atoms with E-state index in [2.05, 4.69) is 9.15 Å². The molecule has 108 valence electrons. The van der Waals surface area contributed by atoms with Gasteiger partial charge in [0, 0.05) is 0 Å². The number of furan rings is 1. The first-order chi connectivity index (χ1) is 9.27. The van der Waals surface area contributed by atoms with Crippen LogP contribution >= 0.6 is 11.6 Å². The third kappa shape index (κ3) is 3.32. The number of carbonyl (C=O) groups excluding carboxylic acids is 2. The number of halogens is 1. The van der Waals surface area contributed by atoms with E-state index in [1.54, 1.807) is 0 Å². The highest BCUT2D eigenvalue weighted by molar-refractivity contribution is 6.34. The van der Waals surface area contributed by atoms with Crippen LogP contribution < -0.4 is 4.74 Å². The third-order valence-corrected chi connectivity index (χ3v) is 2.52. The molecule has 0 spiro atoms. The van der Waals surface area contributed by atoms with Crippen molar-refractivity contribution in [1.29, 1.82) is 0 Å². The van der Waals surface area contributed by atoms with E-state index < -0.39 is 51.6 Å². The van der Waals surface area contributed by atoms with E-state index in [1.807, 2.05) is 0 Å². The van der Waals surface area contributed by atoms with Crippen molar-refractivity contribution in [2.75, 3.05) is 0 Å². The van der Waals surface area contributed by atoms with Gasteiger partial charge in [0.2, 0.25) is 10.8 Å². The van der Waals surface area contributed by atoms with Gasteiger partial charge < -0.3 is 14.3 Å². The summed E-state index contributed by atoms with van der Waals surface area (Å²) in [4.78, 5) is 42.2. The maximum Gasteiger partial charge on any atom is 0.340 e. The molecule has 0 fully saturated rings. The highest BCUT2D eigenvalue weighted by Crippen LogP contribution is 2.39. The summed E-state index contributed by atoms with van der Waals surface area (Å²) in [5.41, 5.74) is -0.824. The molecule has 1 rings (SSSR count). The topological polar surface area (TPSA) is 137 Å². The van der Waals surface area contributed by atoms with Gasteiger partial charge in [-0.3, -0.25) is 24.5 Å². The van der Waals surface area contributed by atoms with Crippen molar-refractivity contribution < 1.29 is 33.6 Å². The molecular formula is C10H8ClNO8. The second-order valence-corrected chi connectivity index (χ2v) is 4.09. The van der Waals surface area contributed by atoms with Gasteiger partial charge in [0.1, 0.15) is 0 Å². The van der Waals surface area contributed by atoms with Crippen LogP contribution in [0.5, 0.6) is 5.95 Å². The van der Waals surface area contributed by atoms with Crippen molar-refractivity contribution in [2.24, 2.45) is 5.92 Å².